The Bertz CT molecular complexity index is 902. The van der Waals surface area contributed by atoms with Gasteiger partial charge in [0.05, 0.1) is 17.4 Å². The molecule has 0 aromatic carbocycles. The average molecular weight is 404 g/mol. The van der Waals surface area contributed by atoms with Crippen LogP contribution in [-0.2, 0) is 11.4 Å². The summed E-state index contributed by atoms with van der Waals surface area (Å²) in [6.45, 7) is 9.20. The Hall–Kier alpha value is -1.77. The van der Waals surface area contributed by atoms with Crippen molar-refractivity contribution in [3.05, 3.63) is 29.7 Å². The molecular weight excluding hydrogens is 374 g/mol. The number of rotatable bonds is 5. The fourth-order valence-corrected chi connectivity index (χ4v) is 4.23. The minimum atomic E-state index is -1.18. The van der Waals surface area contributed by atoms with Crippen molar-refractivity contribution in [3.63, 3.8) is 0 Å². The lowest BCUT2D eigenvalue weighted by atomic mass is 10.1. The van der Waals surface area contributed by atoms with Gasteiger partial charge in [0.2, 0.25) is 0 Å². The van der Waals surface area contributed by atoms with Crippen LogP contribution in [-0.4, -0.2) is 49.8 Å². The SMILES string of the molecule is C[C@@H](N[S+]([O-])C(C)(C)C)c1cn2cc(C3CC3)cc(N3CCN(C)C3=O)c2n1. The Morgan fingerprint density at radius 3 is 2.57 bits per heavy atom. The van der Waals surface area contributed by atoms with Gasteiger partial charge in [-0.3, -0.25) is 4.90 Å². The van der Waals surface area contributed by atoms with Crippen molar-refractivity contribution in [1.82, 2.24) is 19.0 Å². The number of nitrogens with zero attached hydrogens (tertiary/aromatic N) is 4. The third kappa shape index (κ3) is 3.60. The van der Waals surface area contributed by atoms with E-state index in [1.165, 1.54) is 18.4 Å². The molecule has 4 rings (SSSR count). The first-order chi connectivity index (χ1) is 13.1. The first kappa shape index (κ1) is 19.5. The van der Waals surface area contributed by atoms with Crippen LogP contribution in [0.1, 0.15) is 63.8 Å². The van der Waals surface area contributed by atoms with E-state index in [1.807, 2.05) is 50.2 Å². The lowest BCUT2D eigenvalue weighted by molar-refractivity contribution is 0.229. The van der Waals surface area contributed by atoms with Gasteiger partial charge in [0.15, 0.2) is 5.65 Å². The second kappa shape index (κ2) is 6.93. The van der Waals surface area contributed by atoms with Crippen molar-refractivity contribution in [2.24, 2.45) is 0 Å². The van der Waals surface area contributed by atoms with Crippen molar-refractivity contribution in [3.8, 4) is 0 Å². The fourth-order valence-electron chi connectivity index (χ4n) is 3.44. The molecule has 1 saturated heterocycles. The summed E-state index contributed by atoms with van der Waals surface area (Å²) in [6, 6.07) is 1.99. The van der Waals surface area contributed by atoms with E-state index in [-0.39, 0.29) is 16.8 Å². The Kier molecular flexibility index (Phi) is 4.84. The van der Waals surface area contributed by atoms with Gasteiger partial charge in [0.25, 0.3) is 0 Å². The third-order valence-electron chi connectivity index (χ3n) is 5.41. The van der Waals surface area contributed by atoms with Crippen molar-refractivity contribution in [2.75, 3.05) is 25.0 Å². The number of carbonyl (C=O) groups is 1. The van der Waals surface area contributed by atoms with Gasteiger partial charge in [-0.15, -0.1) is 4.72 Å². The van der Waals surface area contributed by atoms with E-state index in [9.17, 15) is 9.35 Å². The van der Waals surface area contributed by atoms with Crippen LogP contribution >= 0.6 is 0 Å². The largest absolute Gasteiger partial charge is 0.598 e. The average Bonchev–Trinajstić information content (AvgIpc) is 3.30. The van der Waals surface area contributed by atoms with Gasteiger partial charge in [0, 0.05) is 43.9 Å². The van der Waals surface area contributed by atoms with E-state index >= 15 is 0 Å². The van der Waals surface area contributed by atoms with Crippen LogP contribution in [0.2, 0.25) is 0 Å². The molecule has 2 atom stereocenters. The van der Waals surface area contributed by atoms with E-state index in [4.69, 9.17) is 4.98 Å². The van der Waals surface area contributed by atoms with Crippen molar-refractivity contribution < 1.29 is 9.35 Å². The van der Waals surface area contributed by atoms with Crippen molar-refractivity contribution >= 4 is 28.7 Å². The van der Waals surface area contributed by atoms with Gasteiger partial charge in [-0.1, -0.05) is 0 Å². The maximum absolute atomic E-state index is 12.6. The van der Waals surface area contributed by atoms with Crippen LogP contribution in [0.25, 0.3) is 5.65 Å². The minimum Gasteiger partial charge on any atom is -0.598 e. The molecule has 0 spiro atoms. The molecule has 2 amide bonds. The zero-order valence-electron chi connectivity index (χ0n) is 17.2. The van der Waals surface area contributed by atoms with E-state index in [1.54, 1.807) is 4.90 Å². The first-order valence-electron chi connectivity index (χ1n) is 9.88. The number of carbonyl (C=O) groups excluding carboxylic acids is 1. The molecule has 3 heterocycles. The monoisotopic (exact) mass is 403 g/mol. The molecule has 8 heteroatoms. The van der Waals surface area contributed by atoms with E-state index in [0.29, 0.717) is 12.5 Å². The van der Waals surface area contributed by atoms with Crippen LogP contribution < -0.4 is 9.62 Å². The molecule has 2 aromatic rings. The zero-order valence-corrected chi connectivity index (χ0v) is 18.0. The van der Waals surface area contributed by atoms with E-state index in [2.05, 4.69) is 17.0 Å². The molecule has 0 radical (unpaired) electrons. The minimum absolute atomic E-state index is 0.0133. The Morgan fingerprint density at radius 2 is 2.00 bits per heavy atom. The Labute approximate surface area is 169 Å². The second-order valence-corrected chi connectivity index (χ2v) is 10.9. The smallest absolute Gasteiger partial charge is 0.324 e. The van der Waals surface area contributed by atoms with Crippen LogP contribution in [0.5, 0.6) is 0 Å². The number of amides is 2. The van der Waals surface area contributed by atoms with E-state index in [0.717, 1.165) is 23.6 Å². The lowest BCUT2D eigenvalue weighted by Gasteiger charge is -2.25. The summed E-state index contributed by atoms with van der Waals surface area (Å²) in [7, 11) is 1.83. The van der Waals surface area contributed by atoms with Gasteiger partial charge >= 0.3 is 6.03 Å². The van der Waals surface area contributed by atoms with Crippen LogP contribution in [0.4, 0.5) is 10.5 Å². The molecule has 2 aromatic heterocycles. The highest BCUT2D eigenvalue weighted by atomic mass is 32.2. The molecule has 7 nitrogen and oxygen atoms in total. The molecule has 1 aliphatic carbocycles. The van der Waals surface area contributed by atoms with Crippen LogP contribution in [0.3, 0.4) is 0 Å². The summed E-state index contributed by atoms with van der Waals surface area (Å²) in [5.74, 6) is 0.577. The summed E-state index contributed by atoms with van der Waals surface area (Å²) in [4.78, 5) is 21.0. The molecule has 2 fully saturated rings. The first-order valence-corrected chi connectivity index (χ1v) is 11.0. The second-order valence-electron chi connectivity index (χ2n) is 8.91. The van der Waals surface area contributed by atoms with Crippen molar-refractivity contribution in [1.29, 1.82) is 0 Å². The van der Waals surface area contributed by atoms with Gasteiger partial charge in [-0.2, -0.15) is 0 Å². The van der Waals surface area contributed by atoms with Crippen LogP contribution in [0.15, 0.2) is 18.5 Å². The predicted octanol–water partition coefficient (Wildman–Crippen LogP) is 3.20. The number of fused-ring (bicyclic) bond motifs is 1. The standard InChI is InChI=1S/C20H29N5O2S/c1-13(22-28(27)20(2,3)4)16-12-24-11-15(14-6-7-14)10-17(18(24)21-16)25-9-8-23(5)19(25)26/h10-14,22H,6-9H2,1-5H3/t13-,28?/m1/s1. The van der Waals surface area contributed by atoms with Gasteiger partial charge < -0.3 is 13.9 Å². The lowest BCUT2D eigenvalue weighted by Crippen LogP contribution is -2.40. The predicted molar refractivity (Wildman–Crippen MR) is 112 cm³/mol. The highest BCUT2D eigenvalue weighted by Gasteiger charge is 2.33. The number of anilines is 1. The highest BCUT2D eigenvalue weighted by Crippen LogP contribution is 2.42. The van der Waals surface area contributed by atoms with Gasteiger partial charge in [0.1, 0.15) is 4.75 Å². The summed E-state index contributed by atoms with van der Waals surface area (Å²) >= 11 is -1.18. The summed E-state index contributed by atoms with van der Waals surface area (Å²) in [5, 5.41) is 0. The number of nitrogens with one attached hydrogen (secondary N) is 1. The number of likely N-dealkylation sites (N-methyl/N-ethyl adjacent to an activating group) is 1. The number of aromatic nitrogens is 2. The molecule has 1 saturated carbocycles. The number of pyridine rings is 1. The number of urea groups is 1. The molecule has 152 valence electrons. The number of hydrogen-bond donors (Lipinski definition) is 1. The van der Waals surface area contributed by atoms with E-state index < -0.39 is 11.4 Å². The highest BCUT2D eigenvalue weighted by molar-refractivity contribution is 7.90. The molecule has 1 N–H and O–H groups in total. The zero-order chi connectivity index (χ0) is 20.2. The summed E-state index contributed by atoms with van der Waals surface area (Å²) in [6.07, 6.45) is 6.52. The fraction of sp³-hybridized carbons (Fsp3) is 0.600. The quantitative estimate of drug-likeness (QED) is 0.778. The topological polar surface area (TPSA) is 75.9 Å². The Morgan fingerprint density at radius 1 is 1.29 bits per heavy atom. The number of hydrogen-bond acceptors (Lipinski definition) is 4. The third-order valence-corrected chi connectivity index (χ3v) is 7.09. The molecule has 28 heavy (non-hydrogen) atoms. The maximum Gasteiger partial charge on any atom is 0.324 e. The molecule has 2 aliphatic rings. The van der Waals surface area contributed by atoms with Crippen LogP contribution in [0, 0.1) is 0 Å². The maximum atomic E-state index is 12.6. The normalized spacial score (nSPS) is 20.3. The molecule has 0 bridgehead atoms. The van der Waals surface area contributed by atoms with Gasteiger partial charge in [-0.25, -0.2) is 9.78 Å². The number of imidazole rings is 1. The van der Waals surface area contributed by atoms with Crippen molar-refractivity contribution in [2.45, 2.75) is 57.2 Å². The summed E-state index contributed by atoms with van der Waals surface area (Å²) in [5.41, 5.74) is 3.73. The summed E-state index contributed by atoms with van der Waals surface area (Å²) < 4.78 is 17.3. The van der Waals surface area contributed by atoms with Gasteiger partial charge in [-0.05, 0) is 58.1 Å². The molecule has 1 unspecified atom stereocenters. The molecular formula is C20H29N5O2S. The Balaban J connectivity index is 1.71. The molecule has 1 aliphatic heterocycles.